The van der Waals surface area contributed by atoms with Gasteiger partial charge in [0.1, 0.15) is 0 Å². The van der Waals surface area contributed by atoms with Gasteiger partial charge in [-0.1, -0.05) is 77.8 Å². The van der Waals surface area contributed by atoms with Crippen LogP contribution < -0.4 is 10.0 Å². The zero-order valence-electron chi connectivity index (χ0n) is 18.7. The van der Waals surface area contributed by atoms with Crippen molar-refractivity contribution >= 4 is 62.3 Å². The van der Waals surface area contributed by atoms with Gasteiger partial charge in [0.2, 0.25) is 5.91 Å². The standard InChI is InChI=1S/C27H20Cl2N2O3S2/c28-23-10-5-11-24(26(23)29)31-36(33,34)18-14-12-17(13-15-18)30-25(32)16-35-27-21-8-3-1-6-19(21)20-7-2-4-9-22(20)27/h1-15,27,31H,16H2,(H,30,32). The number of thioether (sulfide) groups is 1. The SMILES string of the molecule is O=C(CSC1c2ccccc2-c2ccccc21)Nc1ccc(S(=O)(=O)Nc2cccc(Cl)c2Cl)cc1. The van der Waals surface area contributed by atoms with Crippen LogP contribution in [0.25, 0.3) is 11.1 Å². The third kappa shape index (κ3) is 4.97. The van der Waals surface area contributed by atoms with Gasteiger partial charge in [-0.25, -0.2) is 8.42 Å². The molecule has 9 heteroatoms. The van der Waals surface area contributed by atoms with Gasteiger partial charge in [-0.05, 0) is 58.7 Å². The number of sulfonamides is 1. The highest BCUT2D eigenvalue weighted by atomic mass is 35.5. The summed E-state index contributed by atoms with van der Waals surface area (Å²) in [6.07, 6.45) is 0. The van der Waals surface area contributed by atoms with E-state index < -0.39 is 10.0 Å². The Morgan fingerprint density at radius 2 is 1.42 bits per heavy atom. The van der Waals surface area contributed by atoms with Crippen molar-refractivity contribution in [2.24, 2.45) is 0 Å². The molecule has 0 unspecified atom stereocenters. The second-order valence-corrected chi connectivity index (χ2v) is 11.7. The summed E-state index contributed by atoms with van der Waals surface area (Å²) in [4.78, 5) is 12.7. The van der Waals surface area contributed by atoms with Gasteiger partial charge >= 0.3 is 0 Å². The topological polar surface area (TPSA) is 75.3 Å². The molecular weight excluding hydrogens is 535 g/mol. The fraction of sp³-hybridized carbons (Fsp3) is 0.0741. The van der Waals surface area contributed by atoms with E-state index in [2.05, 4.69) is 34.3 Å². The molecule has 0 bridgehead atoms. The van der Waals surface area contributed by atoms with Crippen molar-refractivity contribution in [3.05, 3.63) is 112 Å². The van der Waals surface area contributed by atoms with Gasteiger partial charge in [0.25, 0.3) is 10.0 Å². The molecule has 0 atom stereocenters. The molecule has 4 aromatic rings. The summed E-state index contributed by atoms with van der Waals surface area (Å²) in [6, 6.07) is 27.2. The van der Waals surface area contributed by atoms with E-state index in [9.17, 15) is 13.2 Å². The molecule has 0 aromatic heterocycles. The first-order chi connectivity index (χ1) is 17.3. The lowest BCUT2D eigenvalue weighted by molar-refractivity contribution is -0.113. The molecular formula is C27H20Cl2N2O3S2. The molecule has 0 saturated carbocycles. The van der Waals surface area contributed by atoms with Gasteiger partial charge in [-0.15, -0.1) is 11.8 Å². The molecule has 1 amide bonds. The lowest BCUT2D eigenvalue weighted by atomic mass is 10.1. The minimum atomic E-state index is -3.89. The first kappa shape index (κ1) is 24.7. The van der Waals surface area contributed by atoms with E-state index >= 15 is 0 Å². The smallest absolute Gasteiger partial charge is 0.261 e. The lowest BCUT2D eigenvalue weighted by Gasteiger charge is -2.14. The Balaban J connectivity index is 1.23. The van der Waals surface area contributed by atoms with Crippen LogP contribution in [0.15, 0.2) is 95.9 Å². The Kier molecular flexibility index (Phi) is 6.99. The van der Waals surface area contributed by atoms with Crippen molar-refractivity contribution < 1.29 is 13.2 Å². The number of carbonyl (C=O) groups excluding carboxylic acids is 1. The fourth-order valence-electron chi connectivity index (χ4n) is 4.15. The molecule has 0 fully saturated rings. The number of hydrogen-bond acceptors (Lipinski definition) is 4. The highest BCUT2D eigenvalue weighted by molar-refractivity contribution is 8.00. The van der Waals surface area contributed by atoms with Gasteiger partial charge in [-0.3, -0.25) is 9.52 Å². The van der Waals surface area contributed by atoms with Gasteiger partial charge in [0.05, 0.1) is 31.6 Å². The normalized spacial score (nSPS) is 12.6. The van der Waals surface area contributed by atoms with Gasteiger partial charge < -0.3 is 5.32 Å². The number of amides is 1. The number of carbonyl (C=O) groups is 1. The maximum Gasteiger partial charge on any atom is 0.261 e. The van der Waals surface area contributed by atoms with Crippen LogP contribution in [0, 0.1) is 0 Å². The van der Waals surface area contributed by atoms with Crippen LogP contribution in [0.5, 0.6) is 0 Å². The Labute approximate surface area is 223 Å². The minimum Gasteiger partial charge on any atom is -0.325 e. The number of hydrogen-bond donors (Lipinski definition) is 2. The van der Waals surface area contributed by atoms with E-state index in [4.69, 9.17) is 23.2 Å². The van der Waals surface area contributed by atoms with E-state index in [1.807, 2.05) is 24.3 Å². The van der Waals surface area contributed by atoms with Crippen molar-refractivity contribution in [1.82, 2.24) is 0 Å². The van der Waals surface area contributed by atoms with E-state index in [-0.39, 0.29) is 37.5 Å². The Hall–Kier alpha value is -2.97. The van der Waals surface area contributed by atoms with Crippen molar-refractivity contribution in [3.8, 4) is 11.1 Å². The minimum absolute atomic E-state index is 0.0325. The molecule has 0 saturated heterocycles. The van der Waals surface area contributed by atoms with E-state index in [0.29, 0.717) is 5.69 Å². The van der Waals surface area contributed by atoms with Crippen molar-refractivity contribution in [1.29, 1.82) is 0 Å². The number of anilines is 2. The average molecular weight is 556 g/mol. The zero-order chi connectivity index (χ0) is 25.3. The number of fused-ring (bicyclic) bond motifs is 3. The number of halogens is 2. The third-order valence-electron chi connectivity index (χ3n) is 5.80. The summed E-state index contributed by atoms with van der Waals surface area (Å²) >= 11 is 13.6. The fourth-order valence-corrected chi connectivity index (χ4v) is 6.78. The quantitative estimate of drug-likeness (QED) is 0.252. The molecule has 0 spiro atoms. The van der Waals surface area contributed by atoms with E-state index in [0.717, 1.165) is 0 Å². The molecule has 5 rings (SSSR count). The summed E-state index contributed by atoms with van der Waals surface area (Å²) in [6.45, 7) is 0. The summed E-state index contributed by atoms with van der Waals surface area (Å²) in [5.74, 6) is 0.0867. The molecule has 4 aromatic carbocycles. The third-order valence-corrected chi connectivity index (χ3v) is 9.27. The summed E-state index contributed by atoms with van der Waals surface area (Å²) in [5.41, 5.74) is 5.52. The van der Waals surface area contributed by atoms with Crippen LogP contribution in [0.1, 0.15) is 16.4 Å². The van der Waals surface area contributed by atoms with Crippen LogP contribution in [0.2, 0.25) is 10.0 Å². The van der Waals surface area contributed by atoms with Crippen molar-refractivity contribution in [2.75, 3.05) is 15.8 Å². The first-order valence-corrected chi connectivity index (χ1v) is 14.3. The highest BCUT2D eigenvalue weighted by Gasteiger charge is 2.28. The highest BCUT2D eigenvalue weighted by Crippen LogP contribution is 2.49. The monoisotopic (exact) mass is 554 g/mol. The van der Waals surface area contributed by atoms with Crippen molar-refractivity contribution in [3.63, 3.8) is 0 Å². The van der Waals surface area contributed by atoms with Gasteiger partial charge in [0.15, 0.2) is 0 Å². The van der Waals surface area contributed by atoms with E-state index in [1.54, 1.807) is 36.0 Å². The Morgan fingerprint density at radius 1 is 0.806 bits per heavy atom. The van der Waals surface area contributed by atoms with E-state index in [1.165, 1.54) is 40.5 Å². The van der Waals surface area contributed by atoms with Crippen LogP contribution >= 0.6 is 35.0 Å². The molecule has 1 aliphatic carbocycles. The van der Waals surface area contributed by atoms with Crippen LogP contribution in [-0.4, -0.2) is 20.1 Å². The molecule has 5 nitrogen and oxygen atoms in total. The molecule has 0 heterocycles. The van der Waals surface area contributed by atoms with Gasteiger partial charge in [-0.2, -0.15) is 0 Å². The van der Waals surface area contributed by atoms with Crippen LogP contribution in [0.4, 0.5) is 11.4 Å². The number of nitrogens with one attached hydrogen (secondary N) is 2. The zero-order valence-corrected chi connectivity index (χ0v) is 21.9. The summed E-state index contributed by atoms with van der Waals surface area (Å²) in [7, 11) is -3.89. The second kappa shape index (κ2) is 10.2. The molecule has 0 aliphatic heterocycles. The first-order valence-electron chi connectivity index (χ1n) is 11.0. The predicted octanol–water partition coefficient (Wildman–Crippen LogP) is 7.24. The maximum absolute atomic E-state index is 12.7. The molecule has 182 valence electrons. The van der Waals surface area contributed by atoms with Crippen molar-refractivity contribution in [2.45, 2.75) is 10.1 Å². The van der Waals surface area contributed by atoms with Gasteiger partial charge in [0, 0.05) is 5.69 Å². The largest absolute Gasteiger partial charge is 0.325 e. The number of rotatable bonds is 7. The molecule has 0 radical (unpaired) electrons. The molecule has 2 N–H and O–H groups in total. The Bertz CT molecular complexity index is 1510. The summed E-state index contributed by atoms with van der Waals surface area (Å²) < 4.78 is 27.9. The molecule has 36 heavy (non-hydrogen) atoms. The average Bonchev–Trinajstić information content (AvgIpc) is 3.19. The van der Waals surface area contributed by atoms with Crippen LogP contribution in [0.3, 0.4) is 0 Å². The maximum atomic E-state index is 12.7. The number of benzene rings is 4. The lowest BCUT2D eigenvalue weighted by Crippen LogP contribution is -2.16. The molecule has 1 aliphatic rings. The predicted molar refractivity (Wildman–Crippen MR) is 149 cm³/mol. The second-order valence-electron chi connectivity index (χ2n) is 8.14. The summed E-state index contributed by atoms with van der Waals surface area (Å²) in [5, 5.41) is 3.30. The van der Waals surface area contributed by atoms with Crippen LogP contribution in [-0.2, 0) is 14.8 Å². The Morgan fingerprint density at radius 3 is 2.06 bits per heavy atom.